The van der Waals surface area contributed by atoms with E-state index in [1.807, 2.05) is 30.5 Å². The normalized spacial score (nSPS) is 19.4. The summed E-state index contributed by atoms with van der Waals surface area (Å²) >= 11 is 0. The number of allylic oxidation sites excluding steroid dienone is 2. The number of aliphatic imine (C=N–C) groups is 1. The van der Waals surface area contributed by atoms with Crippen LogP contribution in [0.3, 0.4) is 0 Å². The van der Waals surface area contributed by atoms with Gasteiger partial charge in [-0.05, 0) is 53.8 Å². The number of morpholine rings is 1. The number of nitrogens with two attached hydrogens (primary N) is 1. The lowest BCUT2D eigenvalue weighted by molar-refractivity contribution is 0.0548. The van der Waals surface area contributed by atoms with E-state index >= 15 is 0 Å². The predicted octanol–water partition coefficient (Wildman–Crippen LogP) is 4.43. The molecule has 138 valence electrons. The highest BCUT2D eigenvalue weighted by Gasteiger charge is 2.25. The van der Waals surface area contributed by atoms with Crippen molar-refractivity contribution in [2.24, 2.45) is 4.99 Å². The van der Waals surface area contributed by atoms with E-state index in [0.717, 1.165) is 50.5 Å². The maximum Gasteiger partial charge on any atom is 0.0650 e. The minimum atomic E-state index is 0.739. The third kappa shape index (κ3) is 4.29. The predicted molar refractivity (Wildman–Crippen MR) is 112 cm³/mol. The second-order valence-electron chi connectivity index (χ2n) is 6.91. The minimum absolute atomic E-state index is 0.739. The third-order valence-corrected chi connectivity index (χ3v) is 4.98. The molecule has 1 fully saturated rings. The highest BCUT2D eigenvalue weighted by atomic mass is 16.5. The Morgan fingerprint density at radius 1 is 0.963 bits per heavy atom. The summed E-state index contributed by atoms with van der Waals surface area (Å²) in [5, 5.41) is 0. The van der Waals surface area contributed by atoms with Crippen LogP contribution in [-0.4, -0.2) is 37.4 Å². The summed E-state index contributed by atoms with van der Waals surface area (Å²) in [5.41, 5.74) is 12.8. The summed E-state index contributed by atoms with van der Waals surface area (Å²) in [7, 11) is 0. The van der Waals surface area contributed by atoms with Crippen molar-refractivity contribution in [3.63, 3.8) is 0 Å². The van der Waals surface area contributed by atoms with Crippen LogP contribution in [0.1, 0.15) is 18.4 Å². The van der Waals surface area contributed by atoms with E-state index < -0.39 is 0 Å². The topological polar surface area (TPSA) is 50.8 Å². The molecule has 0 bridgehead atoms. The summed E-state index contributed by atoms with van der Waals surface area (Å²) in [5.74, 6) is 0. The molecule has 1 aliphatic carbocycles. The number of nitrogen functional groups attached to an aromatic ring is 1. The number of nitrogens with zero attached hydrogens (tertiary/aromatic N) is 2. The van der Waals surface area contributed by atoms with Crippen molar-refractivity contribution in [3.8, 4) is 0 Å². The first-order valence-electron chi connectivity index (χ1n) is 9.51. The SMILES string of the molecule is Nc1cccc(N=CC2=C(N3CCOCC3)C(=Cc3ccccc3)CC2)c1. The van der Waals surface area contributed by atoms with Crippen LogP contribution in [0.15, 0.2) is 76.4 Å². The van der Waals surface area contributed by atoms with Crippen molar-refractivity contribution in [1.29, 1.82) is 0 Å². The Morgan fingerprint density at radius 2 is 1.78 bits per heavy atom. The molecule has 2 aliphatic rings. The molecule has 4 rings (SSSR count). The molecule has 4 nitrogen and oxygen atoms in total. The summed E-state index contributed by atoms with van der Waals surface area (Å²) in [4.78, 5) is 7.14. The zero-order valence-electron chi connectivity index (χ0n) is 15.5. The maximum absolute atomic E-state index is 5.88. The van der Waals surface area contributed by atoms with Crippen molar-refractivity contribution in [3.05, 3.63) is 77.0 Å². The molecule has 4 heteroatoms. The average Bonchev–Trinajstić information content (AvgIpc) is 3.10. The van der Waals surface area contributed by atoms with Gasteiger partial charge < -0.3 is 15.4 Å². The Kier molecular flexibility index (Phi) is 5.35. The number of anilines is 1. The van der Waals surface area contributed by atoms with Crippen molar-refractivity contribution in [2.45, 2.75) is 12.8 Å². The maximum atomic E-state index is 5.88. The molecule has 0 radical (unpaired) electrons. The molecule has 2 N–H and O–H groups in total. The van der Waals surface area contributed by atoms with Gasteiger partial charge >= 0.3 is 0 Å². The number of hydrogen-bond acceptors (Lipinski definition) is 4. The van der Waals surface area contributed by atoms with Gasteiger partial charge in [-0.15, -0.1) is 0 Å². The summed E-state index contributed by atoms with van der Waals surface area (Å²) in [6, 6.07) is 18.2. The number of hydrogen-bond donors (Lipinski definition) is 1. The fourth-order valence-electron chi connectivity index (χ4n) is 3.68. The Balaban J connectivity index is 1.68. The lowest BCUT2D eigenvalue weighted by Gasteiger charge is -2.31. The Hall–Kier alpha value is -2.85. The van der Waals surface area contributed by atoms with Crippen LogP contribution in [-0.2, 0) is 4.74 Å². The molecule has 1 saturated heterocycles. The molecule has 0 spiro atoms. The third-order valence-electron chi connectivity index (χ3n) is 4.98. The van der Waals surface area contributed by atoms with Crippen LogP contribution in [0.4, 0.5) is 11.4 Å². The molecule has 0 unspecified atom stereocenters. The zero-order chi connectivity index (χ0) is 18.5. The standard InChI is InChI=1S/C23H25N3O/c24-21-7-4-8-22(16-21)25-17-20-10-9-19(15-18-5-2-1-3-6-18)23(20)26-11-13-27-14-12-26/h1-8,15-17H,9-14,24H2. The van der Waals surface area contributed by atoms with Crippen LogP contribution >= 0.6 is 0 Å². The largest absolute Gasteiger partial charge is 0.399 e. The average molecular weight is 359 g/mol. The van der Waals surface area contributed by atoms with Gasteiger partial charge in [-0.25, -0.2) is 0 Å². The number of rotatable bonds is 4. The number of benzene rings is 2. The molecule has 1 heterocycles. The lowest BCUT2D eigenvalue weighted by atomic mass is 10.1. The van der Waals surface area contributed by atoms with E-state index in [9.17, 15) is 0 Å². The van der Waals surface area contributed by atoms with Gasteiger partial charge in [0.2, 0.25) is 0 Å². The smallest absolute Gasteiger partial charge is 0.0650 e. The van der Waals surface area contributed by atoms with Gasteiger partial charge in [0.1, 0.15) is 0 Å². The molecule has 0 aromatic heterocycles. The zero-order valence-corrected chi connectivity index (χ0v) is 15.5. The molecule has 2 aromatic rings. The highest BCUT2D eigenvalue weighted by Crippen LogP contribution is 2.35. The second-order valence-corrected chi connectivity index (χ2v) is 6.91. The quantitative estimate of drug-likeness (QED) is 0.649. The second kappa shape index (κ2) is 8.23. The first-order chi connectivity index (χ1) is 13.3. The van der Waals surface area contributed by atoms with Gasteiger partial charge in [0, 0.05) is 30.7 Å². The highest BCUT2D eigenvalue weighted by molar-refractivity contribution is 5.85. The van der Waals surface area contributed by atoms with Gasteiger partial charge in [0.05, 0.1) is 18.9 Å². The van der Waals surface area contributed by atoms with E-state index in [1.54, 1.807) is 0 Å². The summed E-state index contributed by atoms with van der Waals surface area (Å²) in [6.07, 6.45) is 6.38. The van der Waals surface area contributed by atoms with E-state index in [1.165, 1.54) is 22.4 Å². The molecule has 0 saturated carbocycles. The lowest BCUT2D eigenvalue weighted by Crippen LogP contribution is -2.36. The van der Waals surface area contributed by atoms with Gasteiger partial charge in [-0.1, -0.05) is 36.4 Å². The van der Waals surface area contributed by atoms with E-state index in [-0.39, 0.29) is 0 Å². The van der Waals surface area contributed by atoms with Gasteiger partial charge in [0.25, 0.3) is 0 Å². The first kappa shape index (κ1) is 17.6. The van der Waals surface area contributed by atoms with Gasteiger partial charge in [-0.2, -0.15) is 0 Å². The fourth-order valence-corrected chi connectivity index (χ4v) is 3.68. The van der Waals surface area contributed by atoms with Crippen LogP contribution in [0.2, 0.25) is 0 Å². The van der Waals surface area contributed by atoms with E-state index in [4.69, 9.17) is 10.5 Å². The van der Waals surface area contributed by atoms with Crippen molar-refractivity contribution >= 4 is 23.7 Å². The van der Waals surface area contributed by atoms with Crippen LogP contribution in [0.25, 0.3) is 6.08 Å². The van der Waals surface area contributed by atoms with Crippen LogP contribution in [0.5, 0.6) is 0 Å². The van der Waals surface area contributed by atoms with Crippen molar-refractivity contribution in [2.75, 3.05) is 32.0 Å². The molecule has 27 heavy (non-hydrogen) atoms. The van der Waals surface area contributed by atoms with Crippen LogP contribution < -0.4 is 5.73 Å². The molecular formula is C23H25N3O. The Morgan fingerprint density at radius 3 is 2.56 bits per heavy atom. The molecule has 0 amide bonds. The Labute approximate surface area is 160 Å². The molecular weight excluding hydrogens is 334 g/mol. The molecule has 0 atom stereocenters. The Bertz CT molecular complexity index is 878. The van der Waals surface area contributed by atoms with Crippen molar-refractivity contribution in [1.82, 2.24) is 4.90 Å². The van der Waals surface area contributed by atoms with Crippen molar-refractivity contribution < 1.29 is 4.74 Å². The monoisotopic (exact) mass is 359 g/mol. The fraction of sp³-hybridized carbons (Fsp3) is 0.261. The van der Waals surface area contributed by atoms with Crippen LogP contribution in [0, 0.1) is 0 Å². The minimum Gasteiger partial charge on any atom is -0.399 e. The van der Waals surface area contributed by atoms with E-state index in [2.05, 4.69) is 46.3 Å². The first-order valence-corrected chi connectivity index (χ1v) is 9.51. The van der Waals surface area contributed by atoms with Gasteiger partial charge in [-0.3, -0.25) is 4.99 Å². The number of ether oxygens (including phenoxy) is 1. The van der Waals surface area contributed by atoms with E-state index in [0.29, 0.717) is 0 Å². The summed E-state index contributed by atoms with van der Waals surface area (Å²) < 4.78 is 5.56. The molecule has 2 aromatic carbocycles. The van der Waals surface area contributed by atoms with Gasteiger partial charge in [0.15, 0.2) is 0 Å². The summed E-state index contributed by atoms with van der Waals surface area (Å²) in [6.45, 7) is 3.41. The molecule has 1 aliphatic heterocycles.